The fraction of sp³-hybridized carbons (Fsp3) is 0.235. The molecule has 0 aliphatic carbocycles. The first-order valence-electron chi connectivity index (χ1n) is 6.91. The molecule has 5 heteroatoms. The molecular weight excluding hydrogens is 300 g/mol. The molecule has 0 amide bonds. The van der Waals surface area contributed by atoms with Crippen LogP contribution < -0.4 is 4.74 Å². The van der Waals surface area contributed by atoms with Gasteiger partial charge in [0.25, 0.3) is 0 Å². The van der Waals surface area contributed by atoms with Crippen LogP contribution in [0.4, 0.5) is 0 Å². The second kappa shape index (κ2) is 7.75. The molecule has 0 fully saturated rings. The monoisotopic (exact) mass is 318 g/mol. The molecule has 0 aromatic heterocycles. The third-order valence-electron chi connectivity index (χ3n) is 2.98. The lowest BCUT2D eigenvalue weighted by molar-refractivity contribution is -0.139. The number of phenols is 1. The predicted octanol–water partition coefficient (Wildman–Crippen LogP) is 3.66. The Morgan fingerprint density at radius 1 is 1.18 bits per heavy atom. The molecule has 0 unspecified atom stereocenters. The molecule has 0 bridgehead atoms. The van der Waals surface area contributed by atoms with Gasteiger partial charge >= 0.3 is 5.97 Å². The molecule has 0 saturated carbocycles. The highest BCUT2D eigenvalue weighted by Crippen LogP contribution is 2.34. The van der Waals surface area contributed by atoms with Crippen LogP contribution in [-0.2, 0) is 16.0 Å². The Hall–Kier alpha value is -2.14. The van der Waals surface area contributed by atoms with E-state index in [1.54, 1.807) is 12.1 Å². The second-order valence-electron chi connectivity index (χ2n) is 4.55. The summed E-state index contributed by atoms with van der Waals surface area (Å²) in [7, 11) is 1.38. The van der Waals surface area contributed by atoms with E-state index in [0.29, 0.717) is 6.61 Å². The van der Waals surface area contributed by atoms with Gasteiger partial charge in [-0.3, -0.25) is 4.79 Å². The maximum atomic E-state index is 11.5. The Balaban J connectivity index is 2.29. The standard InChI is InChI=1S/C17H18O4S/c1-3-21-14-7-4-12(10-17(19)20-2)16(11-14)22-15-8-5-13(18)6-9-15/h4-9,11,18H,3,10H2,1-2H3. The van der Waals surface area contributed by atoms with Gasteiger partial charge in [-0.1, -0.05) is 17.8 Å². The smallest absolute Gasteiger partial charge is 0.310 e. The van der Waals surface area contributed by atoms with Crippen LogP contribution >= 0.6 is 11.8 Å². The van der Waals surface area contributed by atoms with Gasteiger partial charge in [0, 0.05) is 9.79 Å². The highest BCUT2D eigenvalue weighted by atomic mass is 32.2. The number of hydrogen-bond acceptors (Lipinski definition) is 5. The van der Waals surface area contributed by atoms with Gasteiger partial charge in [-0.05, 0) is 48.9 Å². The second-order valence-corrected chi connectivity index (χ2v) is 5.67. The Labute approximate surface area is 134 Å². The fourth-order valence-electron chi connectivity index (χ4n) is 1.90. The van der Waals surface area contributed by atoms with Gasteiger partial charge in [0.15, 0.2) is 0 Å². The van der Waals surface area contributed by atoms with Gasteiger partial charge in [-0.15, -0.1) is 0 Å². The van der Waals surface area contributed by atoms with Crippen LogP contribution in [-0.4, -0.2) is 24.8 Å². The van der Waals surface area contributed by atoms with Crippen molar-refractivity contribution in [3.63, 3.8) is 0 Å². The average molecular weight is 318 g/mol. The van der Waals surface area contributed by atoms with Crippen LogP contribution in [0, 0.1) is 0 Å². The number of benzene rings is 2. The van der Waals surface area contributed by atoms with Crippen molar-refractivity contribution in [1.82, 2.24) is 0 Å². The molecule has 2 aromatic rings. The zero-order valence-corrected chi connectivity index (χ0v) is 13.4. The maximum Gasteiger partial charge on any atom is 0.310 e. The summed E-state index contributed by atoms with van der Waals surface area (Å²) in [6.07, 6.45) is 0.212. The summed E-state index contributed by atoms with van der Waals surface area (Å²) in [6.45, 7) is 2.51. The van der Waals surface area contributed by atoms with E-state index in [-0.39, 0.29) is 18.1 Å². The maximum absolute atomic E-state index is 11.5. The molecule has 2 rings (SSSR count). The Morgan fingerprint density at radius 2 is 1.91 bits per heavy atom. The Kier molecular flexibility index (Phi) is 5.72. The lowest BCUT2D eigenvalue weighted by Crippen LogP contribution is -2.05. The van der Waals surface area contributed by atoms with E-state index in [1.165, 1.54) is 18.9 Å². The van der Waals surface area contributed by atoms with Crippen molar-refractivity contribution in [3.8, 4) is 11.5 Å². The molecule has 0 heterocycles. The highest BCUT2D eigenvalue weighted by molar-refractivity contribution is 7.99. The van der Waals surface area contributed by atoms with Crippen LogP contribution in [0.2, 0.25) is 0 Å². The topological polar surface area (TPSA) is 55.8 Å². The van der Waals surface area contributed by atoms with E-state index >= 15 is 0 Å². The fourth-order valence-corrected chi connectivity index (χ4v) is 2.87. The van der Waals surface area contributed by atoms with Crippen molar-refractivity contribution in [2.45, 2.75) is 23.1 Å². The highest BCUT2D eigenvalue weighted by Gasteiger charge is 2.11. The molecule has 2 aromatic carbocycles. The van der Waals surface area contributed by atoms with Gasteiger partial charge < -0.3 is 14.6 Å². The molecule has 0 atom stereocenters. The third-order valence-corrected chi connectivity index (χ3v) is 4.08. The molecule has 116 valence electrons. The lowest BCUT2D eigenvalue weighted by atomic mass is 10.1. The summed E-state index contributed by atoms with van der Waals surface area (Å²) >= 11 is 1.52. The van der Waals surface area contributed by atoms with Gasteiger partial charge in [0.2, 0.25) is 0 Å². The molecule has 0 saturated heterocycles. The van der Waals surface area contributed by atoms with Crippen LogP contribution in [0.5, 0.6) is 11.5 Å². The summed E-state index contributed by atoms with van der Waals surface area (Å²) in [4.78, 5) is 13.4. The number of phenolic OH excluding ortho intramolecular Hbond substituents is 1. The molecular formula is C17H18O4S. The Bertz CT molecular complexity index is 638. The van der Waals surface area contributed by atoms with Crippen LogP contribution in [0.15, 0.2) is 52.3 Å². The zero-order valence-electron chi connectivity index (χ0n) is 12.5. The zero-order chi connectivity index (χ0) is 15.9. The summed E-state index contributed by atoms with van der Waals surface area (Å²) < 4.78 is 10.3. The molecule has 4 nitrogen and oxygen atoms in total. The van der Waals surface area contributed by atoms with Crippen molar-refractivity contribution in [2.24, 2.45) is 0 Å². The average Bonchev–Trinajstić information content (AvgIpc) is 2.52. The summed E-state index contributed by atoms with van der Waals surface area (Å²) in [5.74, 6) is 0.705. The van der Waals surface area contributed by atoms with E-state index in [1.807, 2.05) is 37.3 Å². The minimum atomic E-state index is -0.281. The number of aromatic hydroxyl groups is 1. The van der Waals surface area contributed by atoms with Crippen molar-refractivity contribution in [2.75, 3.05) is 13.7 Å². The number of methoxy groups -OCH3 is 1. The van der Waals surface area contributed by atoms with Crippen LogP contribution in [0.25, 0.3) is 0 Å². The number of ether oxygens (including phenoxy) is 2. The summed E-state index contributed by atoms with van der Waals surface area (Å²) in [5.41, 5.74) is 0.883. The largest absolute Gasteiger partial charge is 0.508 e. The molecule has 0 radical (unpaired) electrons. The number of esters is 1. The van der Waals surface area contributed by atoms with Crippen molar-refractivity contribution >= 4 is 17.7 Å². The van der Waals surface area contributed by atoms with Crippen molar-refractivity contribution in [1.29, 1.82) is 0 Å². The number of hydrogen-bond donors (Lipinski definition) is 1. The van der Waals surface area contributed by atoms with Gasteiger partial charge in [0.1, 0.15) is 11.5 Å². The predicted molar refractivity (Wildman–Crippen MR) is 85.6 cm³/mol. The van der Waals surface area contributed by atoms with E-state index in [2.05, 4.69) is 0 Å². The quantitative estimate of drug-likeness (QED) is 0.824. The minimum Gasteiger partial charge on any atom is -0.508 e. The third kappa shape index (κ3) is 4.43. The van der Waals surface area contributed by atoms with E-state index < -0.39 is 0 Å². The minimum absolute atomic E-state index is 0.212. The Morgan fingerprint density at radius 3 is 2.55 bits per heavy atom. The molecule has 22 heavy (non-hydrogen) atoms. The number of carbonyl (C=O) groups is 1. The van der Waals surface area contributed by atoms with Gasteiger partial charge in [0.05, 0.1) is 20.1 Å². The SMILES string of the molecule is CCOc1ccc(CC(=O)OC)c(Sc2ccc(O)cc2)c1. The van der Waals surface area contributed by atoms with E-state index in [9.17, 15) is 9.90 Å². The first-order chi connectivity index (χ1) is 10.6. The van der Waals surface area contributed by atoms with E-state index in [0.717, 1.165) is 21.1 Å². The normalized spacial score (nSPS) is 10.3. The van der Waals surface area contributed by atoms with Crippen LogP contribution in [0.1, 0.15) is 12.5 Å². The van der Waals surface area contributed by atoms with Gasteiger partial charge in [-0.25, -0.2) is 0 Å². The van der Waals surface area contributed by atoms with E-state index in [4.69, 9.17) is 9.47 Å². The lowest BCUT2D eigenvalue weighted by Gasteiger charge is -2.11. The van der Waals surface area contributed by atoms with Crippen LogP contribution in [0.3, 0.4) is 0 Å². The van der Waals surface area contributed by atoms with Gasteiger partial charge in [-0.2, -0.15) is 0 Å². The summed E-state index contributed by atoms with van der Waals surface area (Å²) in [5, 5.41) is 9.35. The first kappa shape index (κ1) is 16.2. The van der Waals surface area contributed by atoms with Crippen molar-refractivity contribution < 1.29 is 19.4 Å². The molecule has 0 spiro atoms. The van der Waals surface area contributed by atoms with Crippen molar-refractivity contribution in [3.05, 3.63) is 48.0 Å². The molecule has 0 aliphatic rings. The first-order valence-corrected chi connectivity index (χ1v) is 7.73. The number of carbonyl (C=O) groups excluding carboxylic acids is 1. The summed E-state index contributed by atoms with van der Waals surface area (Å²) in [6, 6.07) is 12.6. The molecule has 1 N–H and O–H groups in total. The molecule has 0 aliphatic heterocycles. The number of rotatable bonds is 6.